The quantitative estimate of drug-likeness (QED) is 0.693. The molecule has 3 aromatic rings. The monoisotopic (exact) mass is 306 g/mol. The van der Waals surface area contributed by atoms with E-state index < -0.39 is 0 Å². The zero-order valence-electron chi connectivity index (χ0n) is 13.2. The van der Waals surface area contributed by atoms with Gasteiger partial charge in [-0.2, -0.15) is 0 Å². The minimum atomic E-state index is -0.0335. The molecule has 4 heteroatoms. The fraction of sp³-hybridized carbons (Fsp3) is 0.158. The molecule has 0 saturated heterocycles. The molecule has 0 bridgehead atoms. The summed E-state index contributed by atoms with van der Waals surface area (Å²) in [7, 11) is 1.77. The molecule has 0 unspecified atom stereocenters. The smallest absolute Gasteiger partial charge is 0.246 e. The molecule has 0 aliphatic carbocycles. The van der Waals surface area contributed by atoms with Gasteiger partial charge < -0.3 is 9.47 Å². The van der Waals surface area contributed by atoms with Crippen LogP contribution in [0, 0.1) is 6.92 Å². The lowest BCUT2D eigenvalue weighted by molar-refractivity contribution is -0.118. The molecule has 0 fully saturated rings. The number of hydrogen-bond acceptors (Lipinski definition) is 2. The maximum absolute atomic E-state index is 12.6. The van der Waals surface area contributed by atoms with Crippen molar-refractivity contribution in [3.63, 3.8) is 0 Å². The third-order valence-electron chi connectivity index (χ3n) is 4.02. The van der Waals surface area contributed by atoms with E-state index in [1.54, 1.807) is 18.1 Å². The largest absolute Gasteiger partial charge is 0.337 e. The summed E-state index contributed by atoms with van der Waals surface area (Å²) < 4.78 is 1.83. The lowest BCUT2D eigenvalue weighted by atomic mass is 10.2. The molecule has 1 heterocycles. The Hall–Kier alpha value is -2.88. The van der Waals surface area contributed by atoms with Gasteiger partial charge in [0.25, 0.3) is 0 Å². The molecular weight excluding hydrogens is 288 g/mol. The van der Waals surface area contributed by atoms with Gasteiger partial charge in [0.05, 0.1) is 0 Å². The average Bonchev–Trinajstić information content (AvgIpc) is 2.92. The van der Waals surface area contributed by atoms with Crippen LogP contribution in [0.3, 0.4) is 0 Å². The summed E-state index contributed by atoms with van der Waals surface area (Å²) in [5.74, 6) is -0.0335. The van der Waals surface area contributed by atoms with Crippen molar-refractivity contribution in [2.45, 2.75) is 13.5 Å². The van der Waals surface area contributed by atoms with Crippen LogP contribution in [0.1, 0.15) is 15.9 Å². The lowest BCUT2D eigenvalue weighted by Gasteiger charge is -2.18. The van der Waals surface area contributed by atoms with Gasteiger partial charge in [-0.1, -0.05) is 30.3 Å². The number of fused-ring (bicyclic) bond motifs is 1. The number of nitrogens with zero attached hydrogens (tertiary/aromatic N) is 2. The molecular formula is C19H18N2O2. The summed E-state index contributed by atoms with van der Waals surface area (Å²) in [4.78, 5) is 25.4. The highest BCUT2D eigenvalue weighted by molar-refractivity contribution is 5.99. The number of hydrogen-bond donors (Lipinski definition) is 0. The van der Waals surface area contributed by atoms with Crippen molar-refractivity contribution in [2.24, 2.45) is 0 Å². The van der Waals surface area contributed by atoms with Gasteiger partial charge in [0.15, 0.2) is 6.29 Å². The molecule has 1 amide bonds. The van der Waals surface area contributed by atoms with Crippen LogP contribution in [0.25, 0.3) is 10.9 Å². The van der Waals surface area contributed by atoms with Gasteiger partial charge in [0.1, 0.15) is 6.54 Å². The molecule has 23 heavy (non-hydrogen) atoms. The first kappa shape index (κ1) is 15.0. The zero-order valence-corrected chi connectivity index (χ0v) is 13.2. The zero-order chi connectivity index (χ0) is 16.4. The molecule has 0 N–H and O–H groups in total. The first-order valence-corrected chi connectivity index (χ1v) is 7.46. The number of aryl methyl sites for hydroxylation is 1. The first-order valence-electron chi connectivity index (χ1n) is 7.46. The number of aromatic nitrogens is 1. The van der Waals surface area contributed by atoms with Crippen LogP contribution in [0.4, 0.5) is 5.69 Å². The number of amides is 1. The van der Waals surface area contributed by atoms with Crippen molar-refractivity contribution in [1.29, 1.82) is 0 Å². The SMILES string of the molecule is Cc1cccc(N(C)C(=O)Cn2cc(C=O)c3ccccc32)c1. The van der Waals surface area contributed by atoms with Gasteiger partial charge in [-0.3, -0.25) is 9.59 Å². The standard InChI is InChI=1S/C19H18N2O2/c1-14-6-5-7-16(10-14)20(2)19(23)12-21-11-15(13-22)17-8-3-4-9-18(17)21/h3-11,13H,12H2,1-2H3. The second-order valence-corrected chi connectivity index (χ2v) is 5.64. The van der Waals surface area contributed by atoms with E-state index >= 15 is 0 Å². The maximum atomic E-state index is 12.6. The van der Waals surface area contributed by atoms with Crippen LogP contribution in [-0.4, -0.2) is 23.8 Å². The number of para-hydroxylation sites is 1. The van der Waals surface area contributed by atoms with Gasteiger partial charge in [-0.15, -0.1) is 0 Å². The molecule has 0 aliphatic heterocycles. The fourth-order valence-electron chi connectivity index (χ4n) is 2.73. The van der Waals surface area contributed by atoms with Crippen molar-refractivity contribution in [2.75, 3.05) is 11.9 Å². The minimum Gasteiger partial charge on any atom is -0.337 e. The number of carbonyl (C=O) groups excluding carboxylic acids is 2. The average molecular weight is 306 g/mol. The Kier molecular flexibility index (Phi) is 3.98. The number of aldehydes is 1. The third kappa shape index (κ3) is 2.88. The van der Waals surface area contributed by atoms with Gasteiger partial charge >= 0.3 is 0 Å². The Labute approximate surface area is 134 Å². The molecule has 0 aliphatic rings. The predicted molar refractivity (Wildman–Crippen MR) is 91.9 cm³/mol. The molecule has 1 aromatic heterocycles. The van der Waals surface area contributed by atoms with Crippen LogP contribution < -0.4 is 4.90 Å². The summed E-state index contributed by atoms with van der Waals surface area (Å²) in [6.45, 7) is 2.19. The number of anilines is 1. The maximum Gasteiger partial charge on any atom is 0.246 e. The number of carbonyl (C=O) groups is 2. The van der Waals surface area contributed by atoms with E-state index in [9.17, 15) is 9.59 Å². The van der Waals surface area contributed by atoms with Gasteiger partial charge in [0, 0.05) is 35.4 Å². The highest BCUT2D eigenvalue weighted by Crippen LogP contribution is 2.21. The van der Waals surface area contributed by atoms with Crippen LogP contribution in [0.5, 0.6) is 0 Å². The molecule has 0 atom stereocenters. The Morgan fingerprint density at radius 3 is 2.70 bits per heavy atom. The van der Waals surface area contributed by atoms with E-state index in [0.29, 0.717) is 5.56 Å². The Bertz CT molecular complexity index is 880. The van der Waals surface area contributed by atoms with Crippen molar-refractivity contribution in [3.05, 3.63) is 65.9 Å². The van der Waals surface area contributed by atoms with Crippen LogP contribution in [0.2, 0.25) is 0 Å². The Balaban J connectivity index is 1.90. The Morgan fingerprint density at radius 2 is 1.96 bits per heavy atom. The summed E-state index contributed by atoms with van der Waals surface area (Å²) in [6.07, 6.45) is 2.56. The van der Waals surface area contributed by atoms with Crippen molar-refractivity contribution in [3.8, 4) is 0 Å². The number of rotatable bonds is 4. The first-order chi connectivity index (χ1) is 11.1. The van der Waals surface area contributed by atoms with E-state index in [0.717, 1.165) is 28.4 Å². The summed E-state index contributed by atoms with van der Waals surface area (Å²) >= 11 is 0. The summed E-state index contributed by atoms with van der Waals surface area (Å²) in [5.41, 5.74) is 3.46. The van der Waals surface area contributed by atoms with E-state index in [2.05, 4.69) is 0 Å². The van der Waals surface area contributed by atoms with E-state index in [1.165, 1.54) is 0 Å². The van der Waals surface area contributed by atoms with Crippen LogP contribution >= 0.6 is 0 Å². The van der Waals surface area contributed by atoms with E-state index in [1.807, 2.05) is 60.0 Å². The summed E-state index contributed by atoms with van der Waals surface area (Å²) in [6, 6.07) is 15.4. The third-order valence-corrected chi connectivity index (χ3v) is 4.02. The summed E-state index contributed by atoms with van der Waals surface area (Å²) in [5, 5.41) is 0.869. The number of likely N-dealkylation sites (N-methyl/N-ethyl adjacent to an activating group) is 1. The normalized spacial score (nSPS) is 10.7. The Morgan fingerprint density at radius 1 is 1.17 bits per heavy atom. The second-order valence-electron chi connectivity index (χ2n) is 5.64. The van der Waals surface area contributed by atoms with Crippen LogP contribution in [0.15, 0.2) is 54.7 Å². The van der Waals surface area contributed by atoms with Gasteiger partial charge in [-0.25, -0.2) is 0 Å². The topological polar surface area (TPSA) is 42.3 Å². The molecule has 3 rings (SSSR count). The fourth-order valence-corrected chi connectivity index (χ4v) is 2.73. The molecule has 0 saturated carbocycles. The molecule has 0 spiro atoms. The van der Waals surface area contributed by atoms with E-state index in [-0.39, 0.29) is 12.5 Å². The minimum absolute atomic E-state index is 0.0335. The molecule has 2 aromatic carbocycles. The van der Waals surface area contributed by atoms with Crippen molar-refractivity contribution in [1.82, 2.24) is 4.57 Å². The molecule has 4 nitrogen and oxygen atoms in total. The highest BCUT2D eigenvalue weighted by atomic mass is 16.2. The van der Waals surface area contributed by atoms with Crippen LogP contribution in [-0.2, 0) is 11.3 Å². The second kappa shape index (κ2) is 6.08. The highest BCUT2D eigenvalue weighted by Gasteiger charge is 2.14. The molecule has 116 valence electrons. The predicted octanol–water partition coefficient (Wildman–Crippen LogP) is 3.43. The van der Waals surface area contributed by atoms with Crippen molar-refractivity contribution < 1.29 is 9.59 Å². The lowest BCUT2D eigenvalue weighted by Crippen LogP contribution is -2.29. The van der Waals surface area contributed by atoms with Gasteiger partial charge in [0.2, 0.25) is 5.91 Å². The van der Waals surface area contributed by atoms with Gasteiger partial charge in [-0.05, 0) is 30.7 Å². The molecule has 0 radical (unpaired) electrons. The van der Waals surface area contributed by atoms with Crippen molar-refractivity contribution >= 4 is 28.8 Å². The number of benzene rings is 2. The van der Waals surface area contributed by atoms with E-state index in [4.69, 9.17) is 0 Å².